The Morgan fingerprint density at radius 2 is 1.89 bits per heavy atom. The van der Waals surface area contributed by atoms with Gasteiger partial charge in [-0.05, 0) is 13.8 Å². The van der Waals surface area contributed by atoms with Gasteiger partial charge in [-0.25, -0.2) is 0 Å². The van der Waals surface area contributed by atoms with Crippen LogP contribution in [0.15, 0.2) is 11.1 Å². The van der Waals surface area contributed by atoms with E-state index in [0.29, 0.717) is 18.0 Å². The number of halogens is 3. The molecular weight excluding hydrogens is 321 g/mol. The molecule has 0 saturated heterocycles. The first kappa shape index (κ1) is 18.1. The maximum atomic E-state index is 10.8. The van der Waals surface area contributed by atoms with Crippen LogP contribution in [-0.4, -0.2) is 33.4 Å². The molecule has 4 N–H and O–H groups in total. The van der Waals surface area contributed by atoms with Crippen LogP contribution in [0.2, 0.25) is 0 Å². The molecular formula is C9H17Cl3N3O2S+. The van der Waals surface area contributed by atoms with E-state index in [1.807, 2.05) is 13.8 Å². The van der Waals surface area contributed by atoms with Gasteiger partial charge in [-0.3, -0.25) is 4.79 Å². The topological polar surface area (TPSA) is 78.3 Å². The second-order valence-corrected chi connectivity index (χ2v) is 6.88. The van der Waals surface area contributed by atoms with Crippen LogP contribution in [0.25, 0.3) is 0 Å². The Kier molecular flexibility index (Phi) is 7.73. The van der Waals surface area contributed by atoms with E-state index in [2.05, 4.69) is 0 Å². The lowest BCUT2D eigenvalue weighted by atomic mass is 10.6. The standard InChI is InChI=1S/C9H16Cl3N3O2S/c1-3-15(4-2,17-6-8(14)16)18-7(5-13)9(10,11)12/h5H,3-4,6,13H2,1-2H3,(H-,14,16)/p+1/b7-5-. The minimum Gasteiger partial charge on any atom is -0.404 e. The highest BCUT2D eigenvalue weighted by Crippen LogP contribution is 2.44. The summed E-state index contributed by atoms with van der Waals surface area (Å²) in [6.45, 7) is 4.64. The van der Waals surface area contributed by atoms with Gasteiger partial charge in [0.15, 0.2) is 6.61 Å². The van der Waals surface area contributed by atoms with Crippen LogP contribution < -0.4 is 11.5 Å². The Hall–Kier alpha value is 0.150. The van der Waals surface area contributed by atoms with E-state index in [4.69, 9.17) is 51.1 Å². The number of nitrogens with zero attached hydrogens (tertiary/aromatic N) is 1. The fourth-order valence-electron chi connectivity index (χ4n) is 1.10. The van der Waals surface area contributed by atoms with Crippen LogP contribution in [0.3, 0.4) is 0 Å². The monoisotopic (exact) mass is 336 g/mol. The lowest BCUT2D eigenvalue weighted by Crippen LogP contribution is -2.43. The first-order chi connectivity index (χ1) is 8.20. The summed E-state index contributed by atoms with van der Waals surface area (Å²) in [6, 6.07) is 0. The number of quaternary nitrogens is 1. The van der Waals surface area contributed by atoms with Crippen LogP contribution in [0.4, 0.5) is 0 Å². The van der Waals surface area contributed by atoms with Crippen molar-refractivity contribution in [3.63, 3.8) is 0 Å². The fourth-order valence-corrected chi connectivity index (χ4v) is 2.48. The molecule has 0 bridgehead atoms. The summed E-state index contributed by atoms with van der Waals surface area (Å²) in [5.74, 6) is -0.563. The molecule has 0 unspecified atom stereocenters. The average Bonchev–Trinajstić information content (AvgIpc) is 2.28. The van der Waals surface area contributed by atoms with Crippen LogP contribution in [-0.2, 0) is 9.63 Å². The Morgan fingerprint density at radius 1 is 1.39 bits per heavy atom. The summed E-state index contributed by atoms with van der Waals surface area (Å²) in [6.07, 6.45) is 1.21. The van der Waals surface area contributed by atoms with Gasteiger partial charge in [0.2, 0.25) is 9.70 Å². The minimum absolute atomic E-state index is 0.0277. The number of carbonyl (C=O) groups excluding carboxylic acids is 1. The molecule has 0 radical (unpaired) electrons. The smallest absolute Gasteiger partial charge is 0.249 e. The van der Waals surface area contributed by atoms with E-state index in [0.717, 1.165) is 11.9 Å². The highest BCUT2D eigenvalue weighted by atomic mass is 35.6. The van der Waals surface area contributed by atoms with E-state index in [-0.39, 0.29) is 10.7 Å². The molecule has 0 rings (SSSR count). The maximum Gasteiger partial charge on any atom is 0.249 e. The van der Waals surface area contributed by atoms with E-state index in [1.165, 1.54) is 6.20 Å². The van der Waals surface area contributed by atoms with Crippen LogP contribution in [0.1, 0.15) is 13.8 Å². The molecule has 0 atom stereocenters. The van der Waals surface area contributed by atoms with Gasteiger partial charge in [0, 0.05) is 6.20 Å². The molecule has 0 aromatic heterocycles. The number of nitrogens with two attached hydrogens (primary N) is 2. The van der Waals surface area contributed by atoms with Crippen LogP contribution >= 0.6 is 46.8 Å². The van der Waals surface area contributed by atoms with E-state index in [1.54, 1.807) is 0 Å². The van der Waals surface area contributed by atoms with Crippen molar-refractivity contribution in [2.45, 2.75) is 17.6 Å². The van der Waals surface area contributed by atoms with Gasteiger partial charge in [0.05, 0.1) is 0 Å². The van der Waals surface area contributed by atoms with Crippen molar-refractivity contribution >= 4 is 52.7 Å². The first-order valence-electron chi connectivity index (χ1n) is 5.19. The van der Waals surface area contributed by atoms with Gasteiger partial charge < -0.3 is 11.5 Å². The Balaban J connectivity index is 4.95. The van der Waals surface area contributed by atoms with Crippen molar-refractivity contribution in [1.82, 2.24) is 0 Å². The zero-order valence-corrected chi connectivity index (χ0v) is 13.2. The third-order valence-electron chi connectivity index (χ3n) is 2.10. The maximum absolute atomic E-state index is 10.8. The van der Waals surface area contributed by atoms with Crippen LogP contribution in [0.5, 0.6) is 0 Å². The summed E-state index contributed by atoms with van der Waals surface area (Å²) in [5, 5.41) is 0. The second kappa shape index (κ2) is 7.67. The van der Waals surface area contributed by atoms with Gasteiger partial charge in [0.1, 0.15) is 29.9 Å². The zero-order chi connectivity index (χ0) is 14.4. The fraction of sp³-hybridized carbons (Fsp3) is 0.667. The molecule has 5 nitrogen and oxygen atoms in total. The largest absolute Gasteiger partial charge is 0.404 e. The number of allylic oxidation sites excluding steroid dienone is 1. The molecule has 0 saturated carbocycles. The molecule has 1 amide bonds. The number of hydrogen-bond acceptors (Lipinski definition) is 4. The molecule has 0 aromatic rings. The average molecular weight is 338 g/mol. The number of amides is 1. The number of alkyl halides is 3. The number of hydroxylamine groups is 2. The Morgan fingerprint density at radius 3 is 2.17 bits per heavy atom. The normalized spacial score (nSPS) is 13.7. The SMILES string of the molecule is CC[N+](CC)(OCC(N)=O)S/C(=C\N)C(Cl)(Cl)Cl. The second-order valence-electron chi connectivity index (χ2n) is 3.31. The van der Waals surface area contributed by atoms with E-state index in [9.17, 15) is 4.79 Å². The highest BCUT2D eigenvalue weighted by Gasteiger charge is 2.38. The molecule has 0 heterocycles. The number of primary amides is 1. The number of rotatable bonds is 7. The van der Waals surface area contributed by atoms with Gasteiger partial charge in [-0.2, -0.15) is 4.84 Å². The molecule has 0 aliphatic heterocycles. The van der Waals surface area contributed by atoms with Gasteiger partial charge in [-0.15, -0.1) is 4.05 Å². The van der Waals surface area contributed by atoms with Crippen LogP contribution in [0, 0.1) is 0 Å². The molecule has 0 fully saturated rings. The van der Waals surface area contributed by atoms with Gasteiger partial charge >= 0.3 is 0 Å². The molecule has 0 aliphatic carbocycles. The van der Waals surface area contributed by atoms with E-state index >= 15 is 0 Å². The minimum atomic E-state index is -1.64. The number of hydrogen-bond donors (Lipinski definition) is 2. The lowest BCUT2D eigenvalue weighted by molar-refractivity contribution is -0.993. The third kappa shape index (κ3) is 5.86. The number of carbonyl (C=O) groups is 1. The summed E-state index contributed by atoms with van der Waals surface area (Å²) in [7, 11) is 0. The molecule has 9 heteroatoms. The molecule has 106 valence electrons. The lowest BCUT2D eigenvalue weighted by Gasteiger charge is -2.32. The Labute approximate surface area is 126 Å². The predicted molar refractivity (Wildman–Crippen MR) is 76.6 cm³/mol. The molecule has 0 aliphatic rings. The first-order valence-corrected chi connectivity index (χ1v) is 7.10. The molecule has 18 heavy (non-hydrogen) atoms. The van der Waals surface area contributed by atoms with Gasteiger partial charge in [0.25, 0.3) is 0 Å². The molecule has 0 aromatic carbocycles. The van der Waals surface area contributed by atoms with Crippen molar-refractivity contribution in [3.8, 4) is 0 Å². The van der Waals surface area contributed by atoms with Crippen molar-refractivity contribution in [3.05, 3.63) is 11.1 Å². The Bertz CT molecular complexity index is 317. The van der Waals surface area contributed by atoms with Crippen molar-refractivity contribution in [2.75, 3.05) is 19.7 Å². The predicted octanol–water partition coefficient (Wildman–Crippen LogP) is 2.08. The summed E-state index contributed by atoms with van der Waals surface area (Å²) in [5.41, 5.74) is 10.5. The van der Waals surface area contributed by atoms with Crippen molar-refractivity contribution < 1.29 is 13.7 Å². The summed E-state index contributed by atoms with van der Waals surface area (Å²) in [4.78, 5) is 16.6. The van der Waals surface area contributed by atoms with E-state index < -0.39 is 9.70 Å². The summed E-state index contributed by atoms with van der Waals surface area (Å²) >= 11 is 18.5. The van der Waals surface area contributed by atoms with Crippen molar-refractivity contribution in [2.24, 2.45) is 11.5 Å². The van der Waals surface area contributed by atoms with Gasteiger partial charge in [-0.1, -0.05) is 34.8 Å². The quantitative estimate of drug-likeness (QED) is 0.323. The zero-order valence-electron chi connectivity index (χ0n) is 10.2. The summed E-state index contributed by atoms with van der Waals surface area (Å²) < 4.78 is -1.61. The molecule has 0 spiro atoms. The van der Waals surface area contributed by atoms with Crippen molar-refractivity contribution in [1.29, 1.82) is 0 Å². The highest BCUT2D eigenvalue weighted by molar-refractivity contribution is 7.98. The third-order valence-corrected chi connectivity index (χ3v) is 4.64.